The van der Waals surface area contributed by atoms with Crippen molar-refractivity contribution in [2.24, 2.45) is 0 Å². The number of benzene rings is 3. The van der Waals surface area contributed by atoms with Gasteiger partial charge in [-0.25, -0.2) is 0 Å². The van der Waals surface area contributed by atoms with Gasteiger partial charge in [-0.3, -0.25) is 9.59 Å². The molecule has 3 rings (SSSR count). The Labute approximate surface area is 181 Å². The molecule has 3 aromatic rings. The van der Waals surface area contributed by atoms with Crippen molar-refractivity contribution in [2.45, 2.75) is 6.92 Å². The summed E-state index contributed by atoms with van der Waals surface area (Å²) in [5.41, 5.74) is 2.40. The van der Waals surface area contributed by atoms with Gasteiger partial charge in [0.2, 0.25) is 5.91 Å². The van der Waals surface area contributed by atoms with Crippen molar-refractivity contribution in [1.29, 1.82) is 0 Å². The van der Waals surface area contributed by atoms with Crippen LogP contribution in [0.4, 0.5) is 17.1 Å². The second-order valence-corrected chi connectivity index (χ2v) is 6.56. The van der Waals surface area contributed by atoms with E-state index in [2.05, 4.69) is 16.0 Å². The first kappa shape index (κ1) is 21.7. The van der Waals surface area contributed by atoms with Gasteiger partial charge in [0.05, 0.1) is 31.6 Å². The van der Waals surface area contributed by atoms with E-state index in [-0.39, 0.29) is 18.4 Å². The summed E-state index contributed by atoms with van der Waals surface area (Å²) < 4.78 is 10.8. The quantitative estimate of drug-likeness (QED) is 0.479. The van der Waals surface area contributed by atoms with Crippen LogP contribution in [0.25, 0.3) is 0 Å². The third-order valence-electron chi connectivity index (χ3n) is 4.41. The molecule has 0 aliphatic carbocycles. The van der Waals surface area contributed by atoms with E-state index in [0.29, 0.717) is 35.0 Å². The van der Waals surface area contributed by atoms with Gasteiger partial charge in [-0.15, -0.1) is 0 Å². The van der Waals surface area contributed by atoms with Crippen molar-refractivity contribution in [3.63, 3.8) is 0 Å². The molecule has 0 atom stereocenters. The van der Waals surface area contributed by atoms with Crippen molar-refractivity contribution in [2.75, 3.05) is 36.2 Å². The average molecular weight is 419 g/mol. The molecule has 7 heteroatoms. The standard InChI is InChI=1S/C24H25N3O4/c1-3-31-22-11-7-4-8-19(22)25-16-23(28)26-18-14-12-17(13-15-18)24(29)27-20-9-5-6-10-21(20)30-2/h4-15,25H,3,16H2,1-2H3,(H,26,28)(H,27,29). The van der Waals surface area contributed by atoms with E-state index < -0.39 is 0 Å². The molecule has 0 aliphatic heterocycles. The number of carbonyl (C=O) groups excluding carboxylic acids is 2. The number of para-hydroxylation sites is 4. The number of hydrogen-bond donors (Lipinski definition) is 3. The lowest BCUT2D eigenvalue weighted by atomic mass is 10.2. The van der Waals surface area contributed by atoms with Gasteiger partial charge in [0.15, 0.2) is 0 Å². The molecule has 0 bridgehead atoms. The first-order valence-electron chi connectivity index (χ1n) is 9.90. The Balaban J connectivity index is 1.55. The fourth-order valence-corrected chi connectivity index (χ4v) is 2.92. The molecule has 0 saturated carbocycles. The fraction of sp³-hybridized carbons (Fsp3) is 0.167. The van der Waals surface area contributed by atoms with Crippen LogP contribution in [-0.4, -0.2) is 32.1 Å². The Hall–Kier alpha value is -4.00. The second-order valence-electron chi connectivity index (χ2n) is 6.56. The summed E-state index contributed by atoms with van der Waals surface area (Å²) in [4.78, 5) is 24.8. The normalized spacial score (nSPS) is 10.1. The maximum atomic E-state index is 12.5. The average Bonchev–Trinajstić information content (AvgIpc) is 2.79. The summed E-state index contributed by atoms with van der Waals surface area (Å²) >= 11 is 0. The molecule has 7 nitrogen and oxygen atoms in total. The van der Waals surface area contributed by atoms with E-state index in [9.17, 15) is 9.59 Å². The van der Waals surface area contributed by atoms with Crippen LogP contribution in [0, 0.1) is 0 Å². The van der Waals surface area contributed by atoms with Gasteiger partial charge in [0.25, 0.3) is 5.91 Å². The highest BCUT2D eigenvalue weighted by Crippen LogP contribution is 2.24. The topological polar surface area (TPSA) is 88.7 Å². The minimum Gasteiger partial charge on any atom is -0.495 e. The van der Waals surface area contributed by atoms with E-state index >= 15 is 0 Å². The third kappa shape index (κ3) is 5.99. The smallest absolute Gasteiger partial charge is 0.255 e. The lowest BCUT2D eigenvalue weighted by molar-refractivity contribution is -0.114. The van der Waals surface area contributed by atoms with E-state index in [4.69, 9.17) is 9.47 Å². The zero-order valence-electron chi connectivity index (χ0n) is 17.5. The van der Waals surface area contributed by atoms with Crippen LogP contribution in [0.5, 0.6) is 11.5 Å². The molecular weight excluding hydrogens is 394 g/mol. The van der Waals surface area contributed by atoms with Crippen LogP contribution in [0.2, 0.25) is 0 Å². The number of anilines is 3. The number of rotatable bonds is 9. The molecule has 0 aliphatic rings. The van der Waals surface area contributed by atoms with Crippen LogP contribution >= 0.6 is 0 Å². The molecule has 3 N–H and O–H groups in total. The first-order chi connectivity index (χ1) is 15.1. The molecule has 0 spiro atoms. The number of amides is 2. The van der Waals surface area contributed by atoms with Crippen LogP contribution in [0.15, 0.2) is 72.8 Å². The summed E-state index contributed by atoms with van der Waals surface area (Å²) in [7, 11) is 1.55. The molecule has 0 aromatic heterocycles. The van der Waals surface area contributed by atoms with Gasteiger partial charge in [-0.05, 0) is 55.5 Å². The SMILES string of the molecule is CCOc1ccccc1NCC(=O)Nc1ccc(C(=O)Nc2ccccc2OC)cc1. The molecule has 0 heterocycles. The Morgan fingerprint density at radius 2 is 1.45 bits per heavy atom. The van der Waals surface area contributed by atoms with Gasteiger partial charge in [0, 0.05) is 11.3 Å². The summed E-state index contributed by atoms with van der Waals surface area (Å²) in [6.07, 6.45) is 0. The lowest BCUT2D eigenvalue weighted by Gasteiger charge is -2.12. The predicted octanol–water partition coefficient (Wildman–Crippen LogP) is 4.40. The second kappa shape index (κ2) is 10.7. The molecule has 3 aromatic carbocycles. The largest absolute Gasteiger partial charge is 0.495 e. The summed E-state index contributed by atoms with van der Waals surface area (Å²) in [6.45, 7) is 2.53. The highest BCUT2D eigenvalue weighted by atomic mass is 16.5. The van der Waals surface area contributed by atoms with Crippen molar-refractivity contribution < 1.29 is 19.1 Å². The van der Waals surface area contributed by atoms with Crippen molar-refractivity contribution in [3.05, 3.63) is 78.4 Å². The maximum Gasteiger partial charge on any atom is 0.255 e. The number of carbonyl (C=O) groups is 2. The number of ether oxygens (including phenoxy) is 2. The number of hydrogen-bond acceptors (Lipinski definition) is 5. The molecule has 0 radical (unpaired) electrons. The van der Waals surface area contributed by atoms with E-state index in [1.807, 2.05) is 43.3 Å². The van der Waals surface area contributed by atoms with E-state index in [0.717, 1.165) is 5.69 Å². The van der Waals surface area contributed by atoms with Gasteiger partial charge in [-0.1, -0.05) is 24.3 Å². The highest BCUT2D eigenvalue weighted by Gasteiger charge is 2.10. The summed E-state index contributed by atoms with van der Waals surface area (Å²) in [6, 6.07) is 21.3. The molecule has 31 heavy (non-hydrogen) atoms. The minimum atomic E-state index is -0.267. The third-order valence-corrected chi connectivity index (χ3v) is 4.41. The Kier molecular flexibility index (Phi) is 7.48. The van der Waals surface area contributed by atoms with E-state index in [1.54, 1.807) is 43.5 Å². The predicted molar refractivity (Wildman–Crippen MR) is 122 cm³/mol. The highest BCUT2D eigenvalue weighted by molar-refractivity contribution is 6.05. The van der Waals surface area contributed by atoms with Crippen LogP contribution in [0.1, 0.15) is 17.3 Å². The Bertz CT molecular complexity index is 1040. The fourth-order valence-electron chi connectivity index (χ4n) is 2.92. The lowest BCUT2D eigenvalue weighted by Crippen LogP contribution is -2.22. The first-order valence-corrected chi connectivity index (χ1v) is 9.90. The Morgan fingerprint density at radius 3 is 2.13 bits per heavy atom. The van der Waals surface area contributed by atoms with Gasteiger partial charge in [-0.2, -0.15) is 0 Å². The van der Waals surface area contributed by atoms with Crippen molar-refractivity contribution >= 4 is 28.9 Å². The minimum absolute atomic E-state index is 0.0835. The molecule has 0 unspecified atom stereocenters. The summed E-state index contributed by atoms with van der Waals surface area (Å²) in [5, 5.41) is 8.70. The van der Waals surface area contributed by atoms with Gasteiger partial charge >= 0.3 is 0 Å². The van der Waals surface area contributed by atoms with E-state index in [1.165, 1.54) is 0 Å². The molecule has 160 valence electrons. The molecule has 2 amide bonds. The van der Waals surface area contributed by atoms with Crippen LogP contribution in [0.3, 0.4) is 0 Å². The molecule has 0 fully saturated rings. The van der Waals surface area contributed by atoms with Gasteiger partial charge < -0.3 is 25.4 Å². The zero-order chi connectivity index (χ0) is 22.1. The maximum absolute atomic E-state index is 12.5. The van der Waals surface area contributed by atoms with Crippen LogP contribution in [-0.2, 0) is 4.79 Å². The Morgan fingerprint density at radius 1 is 0.806 bits per heavy atom. The van der Waals surface area contributed by atoms with Gasteiger partial charge in [0.1, 0.15) is 11.5 Å². The number of nitrogens with one attached hydrogen (secondary N) is 3. The summed E-state index contributed by atoms with van der Waals surface area (Å²) in [5.74, 6) is 0.801. The molecular formula is C24H25N3O4. The zero-order valence-corrected chi connectivity index (χ0v) is 17.5. The monoisotopic (exact) mass is 419 g/mol. The number of methoxy groups -OCH3 is 1. The molecule has 0 saturated heterocycles. The van der Waals surface area contributed by atoms with Crippen LogP contribution < -0.4 is 25.4 Å². The van der Waals surface area contributed by atoms with Crippen molar-refractivity contribution in [1.82, 2.24) is 0 Å². The van der Waals surface area contributed by atoms with Crippen molar-refractivity contribution in [3.8, 4) is 11.5 Å².